The number of likely N-dealkylation sites (tertiary alicyclic amines) is 1. The molecule has 1 aliphatic heterocycles. The van der Waals surface area contributed by atoms with Crippen LogP contribution in [0.4, 0.5) is 0 Å². The summed E-state index contributed by atoms with van der Waals surface area (Å²) < 4.78 is 25.6. The SMILES string of the molecule is CN(C)S(=O)(=O)c1cccc(C(=O)NN=C2CC[NH+](Cc3ccccc3)CC2)c1. The molecule has 154 valence electrons. The van der Waals surface area contributed by atoms with Crippen LogP contribution < -0.4 is 10.3 Å². The van der Waals surface area contributed by atoms with E-state index in [4.69, 9.17) is 0 Å². The summed E-state index contributed by atoms with van der Waals surface area (Å²) in [5.74, 6) is -0.410. The van der Waals surface area contributed by atoms with Crippen LogP contribution in [0.5, 0.6) is 0 Å². The third kappa shape index (κ3) is 5.50. The minimum absolute atomic E-state index is 0.0839. The average molecular weight is 416 g/mol. The van der Waals surface area contributed by atoms with Gasteiger partial charge in [-0.05, 0) is 18.2 Å². The van der Waals surface area contributed by atoms with Gasteiger partial charge in [-0.2, -0.15) is 5.10 Å². The molecule has 1 heterocycles. The molecular formula is C21H27N4O3S+. The van der Waals surface area contributed by atoms with Crippen LogP contribution >= 0.6 is 0 Å². The minimum atomic E-state index is -3.59. The molecule has 1 fully saturated rings. The lowest BCUT2D eigenvalue weighted by atomic mass is 10.1. The highest BCUT2D eigenvalue weighted by Crippen LogP contribution is 2.15. The number of hydrazone groups is 1. The smallest absolute Gasteiger partial charge is 0.271 e. The summed E-state index contributed by atoms with van der Waals surface area (Å²) in [5, 5.41) is 4.27. The number of sulfonamides is 1. The molecular weight excluding hydrogens is 388 g/mol. The van der Waals surface area contributed by atoms with E-state index in [0.717, 1.165) is 42.5 Å². The van der Waals surface area contributed by atoms with E-state index in [0.29, 0.717) is 0 Å². The van der Waals surface area contributed by atoms with Gasteiger partial charge in [-0.1, -0.05) is 36.4 Å². The van der Waals surface area contributed by atoms with Gasteiger partial charge < -0.3 is 4.90 Å². The molecule has 1 saturated heterocycles. The van der Waals surface area contributed by atoms with Crippen molar-refractivity contribution < 1.29 is 18.1 Å². The van der Waals surface area contributed by atoms with Gasteiger partial charge in [-0.25, -0.2) is 18.1 Å². The second-order valence-electron chi connectivity index (χ2n) is 7.35. The largest absolute Gasteiger partial charge is 0.331 e. The molecule has 1 aliphatic rings. The highest BCUT2D eigenvalue weighted by molar-refractivity contribution is 7.89. The van der Waals surface area contributed by atoms with E-state index < -0.39 is 15.9 Å². The zero-order chi connectivity index (χ0) is 20.9. The van der Waals surface area contributed by atoms with E-state index in [1.54, 1.807) is 12.1 Å². The quantitative estimate of drug-likeness (QED) is 0.688. The zero-order valence-electron chi connectivity index (χ0n) is 16.8. The predicted octanol–water partition coefficient (Wildman–Crippen LogP) is 0.902. The number of amides is 1. The van der Waals surface area contributed by atoms with E-state index >= 15 is 0 Å². The van der Waals surface area contributed by atoms with Gasteiger partial charge in [-0.3, -0.25) is 4.79 Å². The number of piperidine rings is 1. The van der Waals surface area contributed by atoms with Gasteiger partial charge in [0.25, 0.3) is 5.91 Å². The van der Waals surface area contributed by atoms with E-state index in [1.807, 2.05) is 6.07 Å². The topological polar surface area (TPSA) is 83.3 Å². The number of carbonyl (C=O) groups is 1. The summed E-state index contributed by atoms with van der Waals surface area (Å²) in [6.45, 7) is 2.94. The maximum atomic E-state index is 12.4. The van der Waals surface area contributed by atoms with Gasteiger partial charge >= 0.3 is 0 Å². The number of nitrogens with zero attached hydrogens (tertiary/aromatic N) is 2. The summed E-state index contributed by atoms with van der Waals surface area (Å²) in [4.78, 5) is 14.0. The normalized spacial score (nSPS) is 17.2. The summed E-state index contributed by atoms with van der Waals surface area (Å²) in [7, 11) is -0.669. The maximum Gasteiger partial charge on any atom is 0.271 e. The Morgan fingerprint density at radius 2 is 1.76 bits per heavy atom. The van der Waals surface area contributed by atoms with Crippen LogP contribution in [0.1, 0.15) is 28.8 Å². The van der Waals surface area contributed by atoms with Gasteiger partial charge in [0.05, 0.1) is 18.0 Å². The van der Waals surface area contributed by atoms with Crippen molar-refractivity contribution in [3.05, 3.63) is 65.7 Å². The number of quaternary nitrogens is 1. The first-order valence-corrected chi connectivity index (χ1v) is 11.1. The van der Waals surface area contributed by atoms with Crippen molar-refractivity contribution in [3.8, 4) is 0 Å². The molecule has 29 heavy (non-hydrogen) atoms. The van der Waals surface area contributed by atoms with Gasteiger partial charge in [0.2, 0.25) is 10.0 Å². The molecule has 0 saturated carbocycles. The molecule has 0 unspecified atom stereocenters. The van der Waals surface area contributed by atoms with Crippen molar-refractivity contribution in [1.29, 1.82) is 0 Å². The van der Waals surface area contributed by atoms with E-state index in [-0.39, 0.29) is 10.5 Å². The van der Waals surface area contributed by atoms with Crippen LogP contribution in [-0.4, -0.2) is 51.5 Å². The summed E-state index contributed by atoms with van der Waals surface area (Å²) in [6.07, 6.45) is 1.66. The van der Waals surface area contributed by atoms with Crippen molar-refractivity contribution in [3.63, 3.8) is 0 Å². The Morgan fingerprint density at radius 1 is 1.07 bits per heavy atom. The van der Waals surface area contributed by atoms with Gasteiger partial charge in [0.15, 0.2) is 0 Å². The minimum Gasteiger partial charge on any atom is -0.331 e. The Kier molecular flexibility index (Phi) is 6.79. The zero-order valence-corrected chi connectivity index (χ0v) is 17.6. The Labute approximate surface area is 172 Å². The first-order valence-electron chi connectivity index (χ1n) is 9.62. The second-order valence-corrected chi connectivity index (χ2v) is 9.50. The van der Waals surface area contributed by atoms with Crippen LogP contribution in [0.2, 0.25) is 0 Å². The molecule has 0 atom stereocenters. The van der Waals surface area contributed by atoms with Crippen molar-refractivity contribution in [2.24, 2.45) is 5.10 Å². The van der Waals surface area contributed by atoms with Crippen LogP contribution in [-0.2, 0) is 16.6 Å². The number of hydrogen-bond donors (Lipinski definition) is 2. The molecule has 2 N–H and O–H groups in total. The van der Waals surface area contributed by atoms with Gasteiger partial charge in [0.1, 0.15) is 6.54 Å². The molecule has 0 aromatic heterocycles. The fourth-order valence-corrected chi connectivity index (χ4v) is 4.22. The predicted molar refractivity (Wildman–Crippen MR) is 112 cm³/mol. The standard InChI is InChI=1S/C21H26N4O3S/c1-24(2)29(27,28)20-10-6-9-18(15-20)21(26)23-22-19-11-13-25(14-12-19)16-17-7-4-3-5-8-17/h3-10,15H,11-14,16H2,1-2H3,(H,23,26)/p+1. The fraction of sp³-hybridized carbons (Fsp3) is 0.333. The van der Waals surface area contributed by atoms with Crippen molar-refractivity contribution in [2.75, 3.05) is 27.2 Å². The molecule has 1 amide bonds. The van der Waals surface area contributed by atoms with E-state index in [9.17, 15) is 13.2 Å². The summed E-state index contributed by atoms with van der Waals surface area (Å²) >= 11 is 0. The third-order valence-corrected chi connectivity index (χ3v) is 6.83. The highest BCUT2D eigenvalue weighted by atomic mass is 32.2. The first kappa shape index (κ1) is 21.2. The van der Waals surface area contributed by atoms with E-state index in [1.165, 1.54) is 36.7 Å². The van der Waals surface area contributed by atoms with Gasteiger partial charge in [-0.15, -0.1) is 0 Å². The number of rotatable bonds is 6. The van der Waals surface area contributed by atoms with Crippen molar-refractivity contribution in [1.82, 2.24) is 9.73 Å². The lowest BCUT2D eigenvalue weighted by molar-refractivity contribution is -0.914. The Bertz CT molecular complexity index is 978. The fourth-order valence-electron chi connectivity index (χ4n) is 3.27. The molecule has 2 aromatic rings. The van der Waals surface area contributed by atoms with Crippen molar-refractivity contribution >= 4 is 21.6 Å². The number of nitrogens with one attached hydrogen (secondary N) is 2. The van der Waals surface area contributed by atoms with Crippen LogP contribution in [0, 0.1) is 0 Å². The van der Waals surface area contributed by atoms with E-state index in [2.05, 4.69) is 34.8 Å². The average Bonchev–Trinajstić information content (AvgIpc) is 2.73. The summed E-state index contributed by atoms with van der Waals surface area (Å²) in [5.41, 5.74) is 5.13. The first-order chi connectivity index (χ1) is 13.9. The van der Waals surface area contributed by atoms with Crippen LogP contribution in [0.15, 0.2) is 64.6 Å². The number of hydrogen-bond acceptors (Lipinski definition) is 4. The highest BCUT2D eigenvalue weighted by Gasteiger charge is 2.20. The van der Waals surface area contributed by atoms with Crippen molar-refractivity contribution in [2.45, 2.75) is 24.3 Å². The molecule has 8 heteroatoms. The molecule has 0 radical (unpaired) electrons. The molecule has 0 bridgehead atoms. The molecule has 2 aromatic carbocycles. The maximum absolute atomic E-state index is 12.4. The third-order valence-electron chi connectivity index (χ3n) is 5.02. The Morgan fingerprint density at radius 3 is 2.41 bits per heavy atom. The molecule has 0 aliphatic carbocycles. The molecule has 0 spiro atoms. The molecule has 7 nitrogen and oxygen atoms in total. The lowest BCUT2D eigenvalue weighted by Gasteiger charge is -2.24. The Balaban J connectivity index is 1.56. The monoisotopic (exact) mass is 415 g/mol. The number of benzene rings is 2. The Hall–Kier alpha value is -2.55. The summed E-state index contributed by atoms with van der Waals surface area (Å²) in [6, 6.07) is 16.4. The molecule has 3 rings (SSSR count). The second kappa shape index (κ2) is 9.30. The lowest BCUT2D eigenvalue weighted by Crippen LogP contribution is -3.11. The van der Waals surface area contributed by atoms with Gasteiger partial charge in [0, 0.05) is 43.8 Å². The van der Waals surface area contributed by atoms with Crippen LogP contribution in [0.3, 0.4) is 0 Å². The number of carbonyl (C=O) groups excluding carboxylic acids is 1. The van der Waals surface area contributed by atoms with Crippen LogP contribution in [0.25, 0.3) is 0 Å².